The summed E-state index contributed by atoms with van der Waals surface area (Å²) in [4.78, 5) is 20.3. The van der Waals surface area contributed by atoms with Gasteiger partial charge in [0.2, 0.25) is 5.88 Å². The molecule has 1 amide bonds. The van der Waals surface area contributed by atoms with Crippen LogP contribution in [0.5, 0.6) is 0 Å². The summed E-state index contributed by atoms with van der Waals surface area (Å²) in [7, 11) is 2.14. The molecular weight excluding hydrogens is 424 g/mol. The normalized spacial score (nSPS) is 14.6. The molecule has 1 fully saturated rings. The standard InChI is InChI=1S/C28H36N4O2/c1-21(2)14-15-32(27(33)24-13-9-8-10-22(24)3)20-25-26(23-11-6-5-7-12-23)29-34-28(25)31-18-16-30(4)17-19-31/h5-13,21H,14-20H2,1-4H3. The third-order valence-corrected chi connectivity index (χ3v) is 6.59. The molecule has 1 aliphatic heterocycles. The second kappa shape index (κ2) is 10.9. The lowest BCUT2D eigenvalue weighted by Gasteiger charge is -2.33. The predicted octanol–water partition coefficient (Wildman–Crippen LogP) is 5.09. The molecule has 180 valence electrons. The molecule has 34 heavy (non-hydrogen) atoms. The Labute approximate surface area is 203 Å². The van der Waals surface area contributed by atoms with Crippen molar-refractivity contribution in [2.75, 3.05) is 44.7 Å². The summed E-state index contributed by atoms with van der Waals surface area (Å²) >= 11 is 0. The van der Waals surface area contributed by atoms with Gasteiger partial charge in [-0.25, -0.2) is 0 Å². The van der Waals surface area contributed by atoms with Crippen molar-refractivity contribution >= 4 is 11.8 Å². The number of carbonyl (C=O) groups excluding carboxylic acids is 1. The Bertz CT molecular complexity index is 1080. The minimum absolute atomic E-state index is 0.0586. The first-order chi connectivity index (χ1) is 16.4. The summed E-state index contributed by atoms with van der Waals surface area (Å²) in [5.41, 5.74) is 4.57. The third kappa shape index (κ3) is 5.50. The van der Waals surface area contributed by atoms with Gasteiger partial charge >= 0.3 is 0 Å². The molecule has 2 aromatic carbocycles. The van der Waals surface area contributed by atoms with Gasteiger partial charge in [0.25, 0.3) is 5.91 Å². The second-order valence-electron chi connectivity index (χ2n) is 9.70. The molecule has 1 aliphatic rings. The molecule has 0 N–H and O–H groups in total. The van der Waals surface area contributed by atoms with Gasteiger partial charge in [-0.2, -0.15) is 0 Å². The van der Waals surface area contributed by atoms with Crippen LogP contribution in [0.3, 0.4) is 0 Å². The van der Waals surface area contributed by atoms with Gasteiger partial charge in [-0.05, 0) is 37.9 Å². The van der Waals surface area contributed by atoms with E-state index in [2.05, 4.69) is 48.0 Å². The lowest BCUT2D eigenvalue weighted by atomic mass is 10.0. The van der Waals surface area contributed by atoms with Crippen LogP contribution in [-0.2, 0) is 6.54 Å². The maximum absolute atomic E-state index is 13.7. The SMILES string of the molecule is Cc1ccccc1C(=O)N(CCC(C)C)Cc1c(-c2ccccc2)noc1N1CCN(C)CC1. The number of aryl methyl sites for hydroxylation is 1. The van der Waals surface area contributed by atoms with Crippen molar-refractivity contribution < 1.29 is 9.32 Å². The quantitative estimate of drug-likeness (QED) is 0.469. The number of piperazine rings is 1. The first-order valence-corrected chi connectivity index (χ1v) is 12.3. The van der Waals surface area contributed by atoms with Gasteiger partial charge in [0.05, 0.1) is 12.1 Å². The van der Waals surface area contributed by atoms with Crippen molar-refractivity contribution in [3.8, 4) is 11.3 Å². The average Bonchev–Trinajstić information content (AvgIpc) is 3.26. The van der Waals surface area contributed by atoms with E-state index in [-0.39, 0.29) is 5.91 Å². The lowest BCUT2D eigenvalue weighted by Crippen LogP contribution is -2.45. The van der Waals surface area contributed by atoms with Crippen LogP contribution in [0, 0.1) is 12.8 Å². The van der Waals surface area contributed by atoms with E-state index in [0.717, 1.165) is 66.4 Å². The molecule has 2 heterocycles. The van der Waals surface area contributed by atoms with Gasteiger partial charge < -0.3 is 19.2 Å². The summed E-state index contributed by atoms with van der Waals surface area (Å²) in [5.74, 6) is 1.35. The van der Waals surface area contributed by atoms with Gasteiger partial charge in [-0.3, -0.25) is 4.79 Å². The van der Waals surface area contributed by atoms with E-state index in [1.165, 1.54) is 0 Å². The summed E-state index contributed by atoms with van der Waals surface area (Å²) in [5, 5.41) is 4.51. The van der Waals surface area contributed by atoms with Gasteiger partial charge in [0.1, 0.15) is 5.69 Å². The zero-order valence-corrected chi connectivity index (χ0v) is 20.8. The first kappa shape index (κ1) is 24.0. The smallest absolute Gasteiger partial charge is 0.254 e. The van der Waals surface area contributed by atoms with E-state index >= 15 is 0 Å². The number of likely N-dealkylation sites (N-methyl/N-ethyl adjacent to an activating group) is 1. The van der Waals surface area contributed by atoms with E-state index in [1.807, 2.05) is 54.3 Å². The summed E-state index contributed by atoms with van der Waals surface area (Å²) in [6.07, 6.45) is 0.938. The Balaban J connectivity index is 1.72. The fraction of sp³-hybridized carbons (Fsp3) is 0.429. The fourth-order valence-corrected chi connectivity index (χ4v) is 4.36. The molecule has 3 aromatic rings. The zero-order valence-electron chi connectivity index (χ0n) is 20.8. The Morgan fingerprint density at radius 2 is 1.71 bits per heavy atom. The molecule has 4 rings (SSSR count). The number of anilines is 1. The molecule has 6 heteroatoms. The van der Waals surface area contributed by atoms with Crippen LogP contribution in [0.15, 0.2) is 59.1 Å². The summed E-state index contributed by atoms with van der Waals surface area (Å²) < 4.78 is 5.98. The van der Waals surface area contributed by atoms with Crippen LogP contribution in [0.4, 0.5) is 5.88 Å². The van der Waals surface area contributed by atoms with Crippen molar-refractivity contribution in [2.45, 2.75) is 33.7 Å². The molecular formula is C28H36N4O2. The monoisotopic (exact) mass is 460 g/mol. The molecule has 0 saturated carbocycles. The number of hydrogen-bond acceptors (Lipinski definition) is 5. The Hall–Kier alpha value is -3.12. The third-order valence-electron chi connectivity index (χ3n) is 6.59. The number of carbonyl (C=O) groups is 1. The Morgan fingerprint density at radius 1 is 1.03 bits per heavy atom. The molecule has 0 bridgehead atoms. The van der Waals surface area contributed by atoms with Crippen LogP contribution in [0.25, 0.3) is 11.3 Å². The second-order valence-corrected chi connectivity index (χ2v) is 9.70. The fourth-order valence-electron chi connectivity index (χ4n) is 4.36. The Morgan fingerprint density at radius 3 is 2.38 bits per heavy atom. The van der Waals surface area contributed by atoms with Gasteiger partial charge in [0, 0.05) is 43.9 Å². The van der Waals surface area contributed by atoms with Crippen molar-refractivity contribution in [1.29, 1.82) is 0 Å². The van der Waals surface area contributed by atoms with Gasteiger partial charge in [-0.1, -0.05) is 67.5 Å². The van der Waals surface area contributed by atoms with E-state index in [0.29, 0.717) is 19.0 Å². The van der Waals surface area contributed by atoms with Gasteiger partial charge in [-0.15, -0.1) is 0 Å². The minimum atomic E-state index is 0.0586. The van der Waals surface area contributed by atoms with Crippen LogP contribution >= 0.6 is 0 Å². The highest BCUT2D eigenvalue weighted by atomic mass is 16.5. The van der Waals surface area contributed by atoms with Crippen LogP contribution in [-0.4, -0.2) is 60.6 Å². The van der Waals surface area contributed by atoms with Crippen LogP contribution in [0.2, 0.25) is 0 Å². The summed E-state index contributed by atoms with van der Waals surface area (Å²) in [6, 6.07) is 18.0. The highest BCUT2D eigenvalue weighted by Gasteiger charge is 2.28. The number of nitrogens with zero attached hydrogens (tertiary/aromatic N) is 4. The molecule has 0 unspecified atom stereocenters. The van der Waals surface area contributed by atoms with Crippen LogP contribution in [0.1, 0.15) is 41.8 Å². The molecule has 0 spiro atoms. The van der Waals surface area contributed by atoms with Crippen molar-refractivity contribution in [2.24, 2.45) is 5.92 Å². The average molecular weight is 461 g/mol. The minimum Gasteiger partial charge on any atom is -0.338 e. The van der Waals surface area contributed by atoms with Crippen molar-refractivity contribution in [1.82, 2.24) is 15.0 Å². The molecule has 1 saturated heterocycles. The number of aromatic nitrogens is 1. The molecule has 0 aliphatic carbocycles. The van der Waals surface area contributed by atoms with Gasteiger partial charge in [0.15, 0.2) is 0 Å². The number of rotatable bonds is 8. The van der Waals surface area contributed by atoms with Crippen molar-refractivity contribution in [3.63, 3.8) is 0 Å². The molecule has 6 nitrogen and oxygen atoms in total. The highest BCUT2D eigenvalue weighted by molar-refractivity contribution is 5.95. The molecule has 1 aromatic heterocycles. The maximum Gasteiger partial charge on any atom is 0.254 e. The number of benzene rings is 2. The summed E-state index contributed by atoms with van der Waals surface area (Å²) in [6.45, 7) is 11.2. The molecule has 0 radical (unpaired) electrons. The Kier molecular flexibility index (Phi) is 7.68. The van der Waals surface area contributed by atoms with E-state index in [4.69, 9.17) is 4.52 Å². The maximum atomic E-state index is 13.7. The zero-order chi connectivity index (χ0) is 24.1. The van der Waals surface area contributed by atoms with E-state index < -0.39 is 0 Å². The largest absolute Gasteiger partial charge is 0.338 e. The lowest BCUT2D eigenvalue weighted by molar-refractivity contribution is 0.0735. The number of hydrogen-bond donors (Lipinski definition) is 0. The van der Waals surface area contributed by atoms with E-state index in [1.54, 1.807) is 0 Å². The first-order valence-electron chi connectivity index (χ1n) is 12.3. The highest BCUT2D eigenvalue weighted by Crippen LogP contribution is 2.33. The van der Waals surface area contributed by atoms with Crippen molar-refractivity contribution in [3.05, 3.63) is 71.3 Å². The molecule has 0 atom stereocenters. The predicted molar refractivity (Wildman–Crippen MR) is 137 cm³/mol. The van der Waals surface area contributed by atoms with E-state index in [9.17, 15) is 4.79 Å². The number of amides is 1. The topological polar surface area (TPSA) is 52.8 Å². The van der Waals surface area contributed by atoms with Crippen LogP contribution < -0.4 is 4.90 Å².